The maximum absolute atomic E-state index is 11.9. The molecule has 0 saturated carbocycles. The highest BCUT2D eigenvalue weighted by Gasteiger charge is 2.08. The number of unbranched alkanes of at least 4 members (excludes halogenated alkanes) is 16. The smallest absolute Gasteiger partial charge is 0.305 e. The molecule has 0 unspecified atom stereocenters. The van der Waals surface area contributed by atoms with Gasteiger partial charge in [-0.2, -0.15) is 0 Å². The molecule has 0 aliphatic carbocycles. The minimum atomic E-state index is -0.0671. The lowest BCUT2D eigenvalue weighted by molar-refractivity contribution is -0.144. The Morgan fingerprint density at radius 3 is 1.12 bits per heavy atom. The molecule has 0 bridgehead atoms. The molecule has 0 rings (SSSR count). The maximum atomic E-state index is 11.9. The van der Waals surface area contributed by atoms with E-state index in [1.807, 2.05) is 0 Å². The molecule has 0 radical (unpaired) electrons. The summed E-state index contributed by atoms with van der Waals surface area (Å²) in [6, 6.07) is 0. The number of carbonyl (C=O) groups excluding carboxylic acids is 2. The zero-order valence-electron chi connectivity index (χ0n) is 23.2. The van der Waals surface area contributed by atoms with Crippen molar-refractivity contribution in [2.75, 3.05) is 13.2 Å². The lowest BCUT2D eigenvalue weighted by Crippen LogP contribution is -2.11. The molecule has 202 valence electrons. The Morgan fingerprint density at radius 1 is 0.500 bits per heavy atom. The standard InChI is InChI=1S/C30H58O4/c1-4-6-8-10-12-14-16-18-20-22-29(31)33-26-24-28(3)25-27-34-30(32)23-21-19-17-15-13-11-9-7-5-2/h28H,4-27H2,1-3H3. The van der Waals surface area contributed by atoms with Crippen LogP contribution in [0.25, 0.3) is 0 Å². The fourth-order valence-corrected chi connectivity index (χ4v) is 4.20. The summed E-state index contributed by atoms with van der Waals surface area (Å²) in [4.78, 5) is 23.7. The van der Waals surface area contributed by atoms with Crippen LogP contribution in [0.2, 0.25) is 0 Å². The van der Waals surface area contributed by atoms with Crippen molar-refractivity contribution < 1.29 is 19.1 Å². The third-order valence-electron chi connectivity index (χ3n) is 6.72. The van der Waals surface area contributed by atoms with Crippen molar-refractivity contribution in [1.29, 1.82) is 0 Å². The first-order chi connectivity index (χ1) is 16.6. The van der Waals surface area contributed by atoms with Crippen molar-refractivity contribution in [3.8, 4) is 0 Å². The van der Waals surface area contributed by atoms with Crippen LogP contribution in [-0.2, 0) is 19.1 Å². The molecule has 0 spiro atoms. The quantitative estimate of drug-likeness (QED) is 0.0910. The Morgan fingerprint density at radius 2 is 0.794 bits per heavy atom. The highest BCUT2D eigenvalue weighted by molar-refractivity contribution is 5.69. The highest BCUT2D eigenvalue weighted by Crippen LogP contribution is 2.13. The summed E-state index contributed by atoms with van der Waals surface area (Å²) < 4.78 is 10.8. The molecule has 0 aromatic rings. The van der Waals surface area contributed by atoms with E-state index < -0.39 is 0 Å². The van der Waals surface area contributed by atoms with Crippen molar-refractivity contribution in [3.63, 3.8) is 0 Å². The largest absolute Gasteiger partial charge is 0.466 e. The van der Waals surface area contributed by atoms with Crippen LogP contribution in [-0.4, -0.2) is 25.2 Å². The van der Waals surface area contributed by atoms with Crippen LogP contribution in [0.4, 0.5) is 0 Å². The third kappa shape index (κ3) is 25.6. The second-order valence-corrected chi connectivity index (χ2v) is 10.3. The maximum Gasteiger partial charge on any atom is 0.305 e. The lowest BCUT2D eigenvalue weighted by atomic mass is 10.1. The van der Waals surface area contributed by atoms with E-state index in [1.54, 1.807) is 0 Å². The number of ether oxygens (including phenoxy) is 2. The zero-order valence-corrected chi connectivity index (χ0v) is 23.2. The molecule has 0 aliphatic rings. The van der Waals surface area contributed by atoms with Gasteiger partial charge in [-0.15, -0.1) is 0 Å². The summed E-state index contributed by atoms with van der Waals surface area (Å²) in [5.74, 6) is 0.256. The molecule has 0 fully saturated rings. The molecule has 0 amide bonds. The van der Waals surface area contributed by atoms with Gasteiger partial charge in [-0.25, -0.2) is 0 Å². The van der Waals surface area contributed by atoms with E-state index in [9.17, 15) is 9.59 Å². The van der Waals surface area contributed by atoms with Crippen molar-refractivity contribution in [3.05, 3.63) is 0 Å². The Bertz CT molecular complexity index is 409. The summed E-state index contributed by atoms with van der Waals surface area (Å²) in [6.07, 6.45) is 25.3. The van der Waals surface area contributed by atoms with Crippen LogP contribution >= 0.6 is 0 Å². The number of hydrogen-bond acceptors (Lipinski definition) is 4. The Labute approximate surface area is 212 Å². The van der Waals surface area contributed by atoms with Crippen molar-refractivity contribution >= 4 is 11.9 Å². The number of carbonyl (C=O) groups is 2. The van der Waals surface area contributed by atoms with Gasteiger partial charge in [0.2, 0.25) is 0 Å². The van der Waals surface area contributed by atoms with Gasteiger partial charge in [0.05, 0.1) is 13.2 Å². The molecule has 34 heavy (non-hydrogen) atoms. The van der Waals surface area contributed by atoms with E-state index in [4.69, 9.17) is 9.47 Å². The van der Waals surface area contributed by atoms with E-state index in [-0.39, 0.29) is 11.9 Å². The van der Waals surface area contributed by atoms with Gasteiger partial charge >= 0.3 is 11.9 Å². The van der Waals surface area contributed by atoms with Crippen LogP contribution in [0.15, 0.2) is 0 Å². The molecule has 0 saturated heterocycles. The third-order valence-corrected chi connectivity index (χ3v) is 6.72. The lowest BCUT2D eigenvalue weighted by Gasteiger charge is -2.12. The minimum Gasteiger partial charge on any atom is -0.466 e. The van der Waals surface area contributed by atoms with Crippen LogP contribution in [0.3, 0.4) is 0 Å². The van der Waals surface area contributed by atoms with Gasteiger partial charge in [0.15, 0.2) is 0 Å². The fraction of sp³-hybridized carbons (Fsp3) is 0.933. The van der Waals surface area contributed by atoms with Gasteiger partial charge in [-0.3, -0.25) is 9.59 Å². The second kappa shape index (κ2) is 26.5. The molecular weight excluding hydrogens is 424 g/mol. The van der Waals surface area contributed by atoms with E-state index in [1.165, 1.54) is 89.9 Å². The number of esters is 2. The fourth-order valence-electron chi connectivity index (χ4n) is 4.20. The molecule has 0 atom stereocenters. The Hall–Kier alpha value is -1.06. The Balaban J connectivity index is 3.42. The predicted molar refractivity (Wildman–Crippen MR) is 144 cm³/mol. The van der Waals surface area contributed by atoms with Gasteiger partial charge in [-0.1, -0.05) is 124 Å². The topological polar surface area (TPSA) is 52.6 Å². The van der Waals surface area contributed by atoms with Crippen LogP contribution < -0.4 is 0 Å². The van der Waals surface area contributed by atoms with Crippen molar-refractivity contribution in [1.82, 2.24) is 0 Å². The van der Waals surface area contributed by atoms with Gasteiger partial charge in [-0.05, 0) is 31.6 Å². The van der Waals surface area contributed by atoms with E-state index >= 15 is 0 Å². The molecule has 4 nitrogen and oxygen atoms in total. The first-order valence-corrected chi connectivity index (χ1v) is 14.9. The Kier molecular flexibility index (Phi) is 25.7. The first-order valence-electron chi connectivity index (χ1n) is 14.9. The summed E-state index contributed by atoms with van der Waals surface area (Å²) in [7, 11) is 0. The van der Waals surface area contributed by atoms with Crippen LogP contribution in [0, 0.1) is 5.92 Å². The monoisotopic (exact) mass is 482 g/mol. The van der Waals surface area contributed by atoms with Crippen LogP contribution in [0.1, 0.15) is 162 Å². The van der Waals surface area contributed by atoms with Gasteiger partial charge < -0.3 is 9.47 Å². The highest BCUT2D eigenvalue weighted by atomic mass is 16.5. The summed E-state index contributed by atoms with van der Waals surface area (Å²) >= 11 is 0. The minimum absolute atomic E-state index is 0.0671. The first kappa shape index (κ1) is 32.9. The number of hydrogen-bond donors (Lipinski definition) is 0. The summed E-state index contributed by atoms with van der Waals surface area (Å²) in [5.41, 5.74) is 0. The summed E-state index contributed by atoms with van der Waals surface area (Å²) in [6.45, 7) is 7.57. The molecule has 0 aliphatic heterocycles. The van der Waals surface area contributed by atoms with E-state index in [0.717, 1.165) is 38.5 Å². The zero-order chi connectivity index (χ0) is 25.1. The van der Waals surface area contributed by atoms with Gasteiger partial charge in [0, 0.05) is 12.8 Å². The predicted octanol–water partition coefficient (Wildman–Crippen LogP) is 9.33. The molecular formula is C30H58O4. The van der Waals surface area contributed by atoms with Crippen molar-refractivity contribution in [2.45, 2.75) is 162 Å². The van der Waals surface area contributed by atoms with Gasteiger partial charge in [0.1, 0.15) is 0 Å². The average molecular weight is 483 g/mol. The van der Waals surface area contributed by atoms with Crippen molar-refractivity contribution in [2.24, 2.45) is 5.92 Å². The number of rotatable bonds is 26. The van der Waals surface area contributed by atoms with Crippen LogP contribution in [0.5, 0.6) is 0 Å². The normalized spacial score (nSPS) is 11.2. The SMILES string of the molecule is CCCCCCCCCCCC(=O)OCCC(C)CCOC(=O)CCCCCCCCCCC. The molecule has 0 aromatic carbocycles. The summed E-state index contributed by atoms with van der Waals surface area (Å²) in [5, 5.41) is 0. The molecule has 4 heteroatoms. The van der Waals surface area contributed by atoms with E-state index in [2.05, 4.69) is 20.8 Å². The van der Waals surface area contributed by atoms with Gasteiger partial charge in [0.25, 0.3) is 0 Å². The molecule has 0 N–H and O–H groups in total. The average Bonchev–Trinajstić information content (AvgIpc) is 2.82. The second-order valence-electron chi connectivity index (χ2n) is 10.3. The van der Waals surface area contributed by atoms with E-state index in [0.29, 0.717) is 32.0 Å². The molecule has 0 aromatic heterocycles. The molecule has 0 heterocycles.